The molecule has 2 aliphatic rings. The van der Waals surface area contributed by atoms with Crippen molar-refractivity contribution in [2.75, 3.05) is 42.8 Å². The zero-order valence-electron chi connectivity index (χ0n) is 23.1. The summed E-state index contributed by atoms with van der Waals surface area (Å²) in [5.74, 6) is 1.55. The molecule has 3 heterocycles. The van der Waals surface area contributed by atoms with Crippen LogP contribution < -0.4 is 15.0 Å². The van der Waals surface area contributed by atoms with Gasteiger partial charge in [0.2, 0.25) is 0 Å². The predicted octanol–water partition coefficient (Wildman–Crippen LogP) is 3.90. The summed E-state index contributed by atoms with van der Waals surface area (Å²) in [5, 5.41) is 12.3. The van der Waals surface area contributed by atoms with E-state index < -0.39 is 9.84 Å². The molecule has 1 aliphatic heterocycles. The van der Waals surface area contributed by atoms with E-state index in [1.54, 1.807) is 32.6 Å². The van der Waals surface area contributed by atoms with Gasteiger partial charge in [-0.15, -0.1) is 0 Å². The Morgan fingerprint density at radius 3 is 2.77 bits per heavy atom. The van der Waals surface area contributed by atoms with Gasteiger partial charge in [-0.3, -0.25) is 0 Å². The normalized spacial score (nSPS) is 17.4. The first-order valence-electron chi connectivity index (χ1n) is 13.5. The van der Waals surface area contributed by atoms with Crippen molar-refractivity contribution in [3.8, 4) is 16.9 Å². The van der Waals surface area contributed by atoms with E-state index in [0.29, 0.717) is 31.1 Å². The Morgan fingerprint density at radius 1 is 1.18 bits per heavy atom. The molecule has 10 heteroatoms. The van der Waals surface area contributed by atoms with Crippen molar-refractivity contribution >= 4 is 21.5 Å². The Balaban J connectivity index is 1.49. The molecule has 0 saturated heterocycles. The first kappa shape index (κ1) is 27.3. The lowest BCUT2D eigenvalue weighted by atomic mass is 9.76. The molecule has 1 aromatic carbocycles. The number of anilines is 2. The topological polar surface area (TPSA) is 118 Å². The minimum Gasteiger partial charge on any atom is -0.491 e. The molecule has 2 N–H and O–H groups in total. The third-order valence-corrected chi connectivity index (χ3v) is 9.61. The number of aromatic nitrogens is 3. The Morgan fingerprint density at radius 2 is 2.00 bits per heavy atom. The molecule has 0 unspecified atom stereocenters. The summed E-state index contributed by atoms with van der Waals surface area (Å²) in [6.45, 7) is 7.97. The number of hydrogen-bond donors (Lipinski definition) is 2. The molecule has 5 rings (SSSR count). The van der Waals surface area contributed by atoms with Gasteiger partial charge in [-0.05, 0) is 54.4 Å². The summed E-state index contributed by atoms with van der Waals surface area (Å²) in [4.78, 5) is 16.1. The van der Waals surface area contributed by atoms with Gasteiger partial charge in [0.05, 0.1) is 12.3 Å². The molecule has 0 saturated carbocycles. The highest BCUT2D eigenvalue weighted by Gasteiger charge is 2.31. The van der Waals surface area contributed by atoms with E-state index in [9.17, 15) is 13.5 Å². The van der Waals surface area contributed by atoms with Gasteiger partial charge in [0.1, 0.15) is 35.2 Å². The summed E-state index contributed by atoms with van der Waals surface area (Å²) < 4.78 is 32.5. The van der Waals surface area contributed by atoms with Crippen molar-refractivity contribution in [2.45, 2.75) is 51.5 Å². The van der Waals surface area contributed by atoms with E-state index in [1.807, 2.05) is 18.2 Å². The van der Waals surface area contributed by atoms with Crippen molar-refractivity contribution in [2.24, 2.45) is 11.3 Å². The largest absolute Gasteiger partial charge is 0.491 e. The maximum Gasteiger partial charge on any atom is 0.182 e. The molecule has 1 atom stereocenters. The zero-order valence-corrected chi connectivity index (χ0v) is 23.9. The summed E-state index contributed by atoms with van der Waals surface area (Å²) >= 11 is 0. The second-order valence-electron chi connectivity index (χ2n) is 11.4. The number of nitrogens with zero attached hydrogens (tertiary/aromatic N) is 4. The number of hydrogen-bond acceptors (Lipinski definition) is 9. The molecule has 0 spiro atoms. The maximum atomic E-state index is 13.2. The number of aliphatic hydroxyl groups excluding tert-OH is 1. The molecule has 1 aliphatic carbocycles. The monoisotopic (exact) mass is 551 g/mol. The number of benzene rings is 1. The highest BCUT2D eigenvalue weighted by molar-refractivity contribution is 7.91. The molecular weight excluding hydrogens is 514 g/mol. The number of nitrogens with one attached hydrogen (secondary N) is 1. The minimum absolute atomic E-state index is 0.130. The van der Waals surface area contributed by atoms with Crippen LogP contribution in [0.3, 0.4) is 0 Å². The lowest BCUT2D eigenvalue weighted by Crippen LogP contribution is -2.31. The molecule has 9 nitrogen and oxygen atoms in total. The molecule has 0 fully saturated rings. The van der Waals surface area contributed by atoms with Gasteiger partial charge >= 0.3 is 0 Å². The molecule has 0 radical (unpaired) electrons. The number of pyridine rings is 1. The Hall–Kier alpha value is -3.24. The van der Waals surface area contributed by atoms with E-state index in [1.165, 1.54) is 5.56 Å². The SMILES string of the molecule is CNc1ncc(-c2ccc3c(c2)CN(c2ncnc4c2CC(C)(C)CC4)CCO3)cc1S(=O)(=O)C[C@@H](C)CO. The van der Waals surface area contributed by atoms with Crippen molar-refractivity contribution in [1.82, 2.24) is 15.0 Å². The zero-order chi connectivity index (χ0) is 27.8. The van der Waals surface area contributed by atoms with Crippen molar-refractivity contribution < 1.29 is 18.3 Å². The van der Waals surface area contributed by atoms with Gasteiger partial charge in [-0.2, -0.15) is 0 Å². The van der Waals surface area contributed by atoms with Crippen LogP contribution in [-0.4, -0.2) is 61.0 Å². The number of sulfone groups is 1. The summed E-state index contributed by atoms with van der Waals surface area (Å²) in [6.07, 6.45) is 6.37. The van der Waals surface area contributed by atoms with Crippen LogP contribution in [0.25, 0.3) is 11.1 Å². The highest BCUT2D eigenvalue weighted by atomic mass is 32.2. The fourth-order valence-corrected chi connectivity index (χ4v) is 7.22. The van der Waals surface area contributed by atoms with Crippen LogP contribution in [0.1, 0.15) is 44.0 Å². The fourth-order valence-electron chi connectivity index (χ4n) is 5.43. The van der Waals surface area contributed by atoms with Crippen molar-refractivity contribution in [3.05, 3.63) is 53.6 Å². The number of aliphatic hydroxyl groups is 1. The fraction of sp³-hybridized carbons (Fsp3) is 0.483. The second-order valence-corrected chi connectivity index (χ2v) is 13.4. The van der Waals surface area contributed by atoms with E-state index in [-0.39, 0.29) is 28.6 Å². The molecule has 0 bridgehead atoms. The number of fused-ring (bicyclic) bond motifs is 2. The van der Waals surface area contributed by atoms with Gasteiger partial charge < -0.3 is 20.1 Å². The molecule has 39 heavy (non-hydrogen) atoms. The Bertz CT molecular complexity index is 1470. The number of aryl methyl sites for hydroxylation is 1. The van der Waals surface area contributed by atoms with Crippen LogP contribution in [0.4, 0.5) is 11.6 Å². The van der Waals surface area contributed by atoms with E-state index in [0.717, 1.165) is 47.7 Å². The lowest BCUT2D eigenvalue weighted by molar-refractivity contribution is 0.249. The number of ether oxygens (including phenoxy) is 1. The smallest absolute Gasteiger partial charge is 0.182 e. The average Bonchev–Trinajstić information content (AvgIpc) is 3.13. The quantitative estimate of drug-likeness (QED) is 0.451. The van der Waals surface area contributed by atoms with E-state index >= 15 is 0 Å². The first-order valence-corrected chi connectivity index (χ1v) is 15.1. The Kier molecular flexibility index (Phi) is 7.52. The van der Waals surface area contributed by atoms with Gasteiger partial charge in [-0.25, -0.2) is 23.4 Å². The van der Waals surface area contributed by atoms with Crippen LogP contribution in [0.5, 0.6) is 5.75 Å². The van der Waals surface area contributed by atoms with Gasteiger partial charge in [0, 0.05) is 48.8 Å². The van der Waals surface area contributed by atoms with E-state index in [4.69, 9.17) is 9.72 Å². The van der Waals surface area contributed by atoms with Gasteiger partial charge in [0.15, 0.2) is 9.84 Å². The van der Waals surface area contributed by atoms with Crippen molar-refractivity contribution in [3.63, 3.8) is 0 Å². The Labute approximate surface area is 230 Å². The lowest BCUT2D eigenvalue weighted by Gasteiger charge is -2.33. The standard InChI is InChI=1S/C29H37N5O4S/c1-19(16-35)17-39(36,37)26-12-21(14-31-27(26)30-4)20-5-6-25-22(11-20)15-34(9-10-38-25)28-23-13-29(2,3)8-7-24(23)32-18-33-28/h5-6,11-12,14,18-19,35H,7-10,13,15-17H2,1-4H3,(H,30,31)/t19-/m0/s1. The summed E-state index contributed by atoms with van der Waals surface area (Å²) in [7, 11) is -2.01. The predicted molar refractivity (Wildman–Crippen MR) is 152 cm³/mol. The van der Waals surface area contributed by atoms with Crippen LogP contribution in [0, 0.1) is 11.3 Å². The van der Waals surface area contributed by atoms with Crippen LogP contribution in [-0.2, 0) is 29.2 Å². The average molecular weight is 552 g/mol. The molecule has 0 amide bonds. The van der Waals surface area contributed by atoms with Gasteiger partial charge in [0.25, 0.3) is 0 Å². The third kappa shape index (κ3) is 5.72. The second kappa shape index (κ2) is 10.7. The summed E-state index contributed by atoms with van der Waals surface area (Å²) in [5.41, 5.74) is 5.13. The number of rotatable bonds is 7. The minimum atomic E-state index is -3.66. The third-order valence-electron chi connectivity index (χ3n) is 7.62. The van der Waals surface area contributed by atoms with Gasteiger partial charge in [-0.1, -0.05) is 26.8 Å². The maximum absolute atomic E-state index is 13.2. The molecule has 208 valence electrons. The van der Waals surface area contributed by atoms with Crippen LogP contribution in [0.15, 0.2) is 41.7 Å². The van der Waals surface area contributed by atoms with Crippen LogP contribution in [0.2, 0.25) is 0 Å². The highest BCUT2D eigenvalue weighted by Crippen LogP contribution is 2.39. The summed E-state index contributed by atoms with van der Waals surface area (Å²) in [6, 6.07) is 7.60. The molecule has 2 aromatic heterocycles. The van der Waals surface area contributed by atoms with Crippen LogP contribution >= 0.6 is 0 Å². The first-order chi connectivity index (χ1) is 18.6. The molecule has 3 aromatic rings. The van der Waals surface area contributed by atoms with Crippen molar-refractivity contribution in [1.29, 1.82) is 0 Å². The van der Waals surface area contributed by atoms with E-state index in [2.05, 4.69) is 34.0 Å². The molecular formula is C29H37N5O4S.